The number of benzene rings is 1. The standard InChI is InChI=1S/C19H21N3O2S/c1-13(2)18-17(20-11-24-18)19(23)22(9-15-7-5-4-6-8-15)10-16-14(3)21-12-25-16/h4-8,11-13H,9-10H2,1-3H3. The molecule has 0 saturated carbocycles. The Balaban J connectivity index is 1.91. The van der Waals surface area contributed by atoms with E-state index < -0.39 is 0 Å². The molecule has 5 nitrogen and oxygen atoms in total. The maximum Gasteiger partial charge on any atom is 0.276 e. The van der Waals surface area contributed by atoms with Crippen molar-refractivity contribution in [2.24, 2.45) is 0 Å². The Bertz CT molecular complexity index is 839. The molecule has 0 unspecified atom stereocenters. The predicted octanol–water partition coefficient (Wildman–Crippen LogP) is 4.41. The second kappa shape index (κ2) is 7.61. The third-order valence-corrected chi connectivity index (χ3v) is 4.92. The summed E-state index contributed by atoms with van der Waals surface area (Å²) in [5.41, 5.74) is 4.24. The normalized spacial score (nSPS) is 11.0. The Labute approximate surface area is 151 Å². The van der Waals surface area contributed by atoms with Crippen molar-refractivity contribution in [2.45, 2.75) is 39.8 Å². The van der Waals surface area contributed by atoms with Gasteiger partial charge in [0.25, 0.3) is 5.91 Å². The summed E-state index contributed by atoms with van der Waals surface area (Å²) in [6.45, 7) is 6.97. The molecule has 0 aliphatic carbocycles. The van der Waals surface area contributed by atoms with Gasteiger partial charge in [-0.25, -0.2) is 9.97 Å². The molecule has 0 N–H and O–H groups in total. The van der Waals surface area contributed by atoms with Crippen molar-refractivity contribution in [2.75, 3.05) is 0 Å². The largest absolute Gasteiger partial charge is 0.447 e. The van der Waals surface area contributed by atoms with E-state index in [1.54, 1.807) is 16.2 Å². The zero-order valence-corrected chi connectivity index (χ0v) is 15.4. The Morgan fingerprint density at radius 3 is 2.60 bits per heavy atom. The molecule has 0 atom stereocenters. The fourth-order valence-electron chi connectivity index (χ4n) is 2.63. The molecule has 0 bridgehead atoms. The average molecular weight is 355 g/mol. The third kappa shape index (κ3) is 3.96. The van der Waals surface area contributed by atoms with Crippen LogP contribution in [0.1, 0.15) is 52.1 Å². The first kappa shape index (κ1) is 17.4. The smallest absolute Gasteiger partial charge is 0.276 e. The van der Waals surface area contributed by atoms with Gasteiger partial charge in [0, 0.05) is 17.3 Å². The number of rotatable bonds is 6. The number of oxazole rings is 1. The molecule has 0 spiro atoms. The van der Waals surface area contributed by atoms with Gasteiger partial charge < -0.3 is 9.32 Å². The summed E-state index contributed by atoms with van der Waals surface area (Å²) in [5, 5.41) is 0. The minimum Gasteiger partial charge on any atom is -0.447 e. The highest BCUT2D eigenvalue weighted by molar-refractivity contribution is 7.09. The zero-order valence-electron chi connectivity index (χ0n) is 14.6. The Hall–Kier alpha value is -2.47. The number of amides is 1. The molecule has 6 heteroatoms. The molecule has 1 aromatic carbocycles. The van der Waals surface area contributed by atoms with Crippen LogP contribution in [0.5, 0.6) is 0 Å². The maximum atomic E-state index is 13.2. The van der Waals surface area contributed by atoms with Gasteiger partial charge in [0.15, 0.2) is 12.1 Å². The van der Waals surface area contributed by atoms with Crippen LogP contribution in [0.25, 0.3) is 0 Å². The van der Waals surface area contributed by atoms with Crippen LogP contribution in [0, 0.1) is 6.92 Å². The Kier molecular flexibility index (Phi) is 5.28. The molecule has 1 amide bonds. The number of aromatic nitrogens is 2. The number of hydrogen-bond donors (Lipinski definition) is 0. The minimum atomic E-state index is -0.117. The second-order valence-electron chi connectivity index (χ2n) is 6.23. The summed E-state index contributed by atoms with van der Waals surface area (Å²) in [4.78, 5) is 24.5. The van der Waals surface area contributed by atoms with Gasteiger partial charge in [-0.3, -0.25) is 4.79 Å². The van der Waals surface area contributed by atoms with E-state index in [4.69, 9.17) is 4.42 Å². The quantitative estimate of drug-likeness (QED) is 0.657. The molecular formula is C19H21N3O2S. The fraction of sp³-hybridized carbons (Fsp3) is 0.316. The van der Waals surface area contributed by atoms with Crippen LogP contribution in [0.15, 0.2) is 46.7 Å². The van der Waals surface area contributed by atoms with Crippen molar-refractivity contribution in [1.29, 1.82) is 0 Å². The van der Waals surface area contributed by atoms with Crippen molar-refractivity contribution >= 4 is 17.2 Å². The van der Waals surface area contributed by atoms with Crippen LogP contribution in [0.4, 0.5) is 0 Å². The first-order valence-corrected chi connectivity index (χ1v) is 9.09. The molecule has 2 aromatic heterocycles. The topological polar surface area (TPSA) is 59.2 Å². The van der Waals surface area contributed by atoms with Crippen LogP contribution in [0.2, 0.25) is 0 Å². The number of hydrogen-bond acceptors (Lipinski definition) is 5. The van der Waals surface area contributed by atoms with Gasteiger partial charge in [-0.2, -0.15) is 0 Å². The van der Waals surface area contributed by atoms with Gasteiger partial charge in [-0.1, -0.05) is 44.2 Å². The van der Waals surface area contributed by atoms with Crippen molar-refractivity contribution in [3.05, 3.63) is 69.8 Å². The molecule has 0 fully saturated rings. The summed E-state index contributed by atoms with van der Waals surface area (Å²) in [6, 6.07) is 9.96. The van der Waals surface area contributed by atoms with Gasteiger partial charge >= 0.3 is 0 Å². The van der Waals surface area contributed by atoms with Gasteiger partial charge in [0.1, 0.15) is 5.76 Å². The lowest BCUT2D eigenvalue weighted by Gasteiger charge is -2.22. The summed E-state index contributed by atoms with van der Waals surface area (Å²) in [6.07, 6.45) is 1.35. The first-order valence-electron chi connectivity index (χ1n) is 8.21. The van der Waals surface area contributed by atoms with Gasteiger partial charge in [0.05, 0.1) is 17.7 Å². The van der Waals surface area contributed by atoms with E-state index in [0.717, 1.165) is 16.1 Å². The molecule has 2 heterocycles. The van der Waals surface area contributed by atoms with Gasteiger partial charge in [0.2, 0.25) is 0 Å². The molecular weight excluding hydrogens is 334 g/mol. The molecule has 0 aliphatic heterocycles. The van der Waals surface area contributed by atoms with E-state index in [1.807, 2.05) is 56.6 Å². The van der Waals surface area contributed by atoms with E-state index in [-0.39, 0.29) is 11.8 Å². The highest BCUT2D eigenvalue weighted by Crippen LogP contribution is 2.23. The first-order chi connectivity index (χ1) is 12.1. The number of carbonyl (C=O) groups excluding carboxylic acids is 1. The van der Waals surface area contributed by atoms with Crippen LogP contribution < -0.4 is 0 Å². The average Bonchev–Trinajstić information content (AvgIpc) is 3.24. The predicted molar refractivity (Wildman–Crippen MR) is 97.5 cm³/mol. The molecule has 25 heavy (non-hydrogen) atoms. The van der Waals surface area contributed by atoms with Crippen molar-refractivity contribution in [1.82, 2.24) is 14.9 Å². The van der Waals surface area contributed by atoms with Crippen molar-refractivity contribution in [3.63, 3.8) is 0 Å². The number of nitrogens with zero attached hydrogens (tertiary/aromatic N) is 3. The third-order valence-electron chi connectivity index (χ3n) is 4.00. The SMILES string of the molecule is Cc1ncsc1CN(Cc1ccccc1)C(=O)c1ncoc1C(C)C. The lowest BCUT2D eigenvalue weighted by atomic mass is 10.1. The van der Waals surface area contributed by atoms with E-state index in [2.05, 4.69) is 9.97 Å². The fourth-order valence-corrected chi connectivity index (χ4v) is 3.42. The molecule has 130 valence electrons. The number of carbonyl (C=O) groups is 1. The summed E-state index contributed by atoms with van der Waals surface area (Å²) < 4.78 is 5.44. The van der Waals surface area contributed by atoms with Crippen LogP contribution in [-0.4, -0.2) is 20.8 Å². The van der Waals surface area contributed by atoms with Gasteiger partial charge in [-0.15, -0.1) is 11.3 Å². The molecule has 3 rings (SSSR count). The van der Waals surface area contributed by atoms with E-state index in [9.17, 15) is 4.79 Å². The molecule has 0 aliphatic rings. The van der Waals surface area contributed by atoms with E-state index in [0.29, 0.717) is 24.5 Å². The summed E-state index contributed by atoms with van der Waals surface area (Å²) >= 11 is 1.56. The highest BCUT2D eigenvalue weighted by atomic mass is 32.1. The van der Waals surface area contributed by atoms with Gasteiger partial charge in [-0.05, 0) is 12.5 Å². The Morgan fingerprint density at radius 1 is 1.20 bits per heavy atom. The minimum absolute atomic E-state index is 0.102. The van der Waals surface area contributed by atoms with E-state index >= 15 is 0 Å². The molecule has 0 saturated heterocycles. The van der Waals surface area contributed by atoms with Crippen molar-refractivity contribution in [3.8, 4) is 0 Å². The van der Waals surface area contributed by atoms with Crippen LogP contribution >= 0.6 is 11.3 Å². The maximum absolute atomic E-state index is 13.2. The van der Waals surface area contributed by atoms with Crippen molar-refractivity contribution < 1.29 is 9.21 Å². The Morgan fingerprint density at radius 2 is 1.96 bits per heavy atom. The summed E-state index contributed by atoms with van der Waals surface area (Å²) in [7, 11) is 0. The summed E-state index contributed by atoms with van der Waals surface area (Å²) in [5.74, 6) is 0.614. The lowest BCUT2D eigenvalue weighted by molar-refractivity contribution is 0.0723. The van der Waals surface area contributed by atoms with E-state index in [1.165, 1.54) is 6.39 Å². The van der Waals surface area contributed by atoms with Crippen LogP contribution in [-0.2, 0) is 13.1 Å². The van der Waals surface area contributed by atoms with Crippen LogP contribution in [0.3, 0.4) is 0 Å². The number of aryl methyl sites for hydroxylation is 1. The second-order valence-corrected chi connectivity index (χ2v) is 7.17. The lowest BCUT2D eigenvalue weighted by Crippen LogP contribution is -2.31. The monoisotopic (exact) mass is 355 g/mol. The highest BCUT2D eigenvalue weighted by Gasteiger charge is 2.25. The molecule has 3 aromatic rings. The number of thiazole rings is 1. The molecule has 0 radical (unpaired) electrons. The zero-order chi connectivity index (χ0) is 17.8.